The van der Waals surface area contributed by atoms with Crippen molar-refractivity contribution >= 4 is 45.9 Å². The minimum Gasteiger partial charge on any atom is -0.411 e. The molecule has 31 heavy (non-hydrogen) atoms. The van der Waals surface area contributed by atoms with E-state index in [0.29, 0.717) is 10.9 Å². The molecular weight excluding hydrogens is 436 g/mol. The number of rotatable bonds is 6. The Balaban J connectivity index is 1.26. The van der Waals surface area contributed by atoms with Gasteiger partial charge in [0.15, 0.2) is 0 Å². The van der Waals surface area contributed by atoms with E-state index < -0.39 is 0 Å². The van der Waals surface area contributed by atoms with Crippen LogP contribution in [0.1, 0.15) is 5.56 Å². The molecule has 0 spiro atoms. The number of amides is 2. The normalized spacial score (nSPS) is 10.7. The summed E-state index contributed by atoms with van der Waals surface area (Å²) in [6.07, 6.45) is 0.156. The Labute approximate surface area is 187 Å². The summed E-state index contributed by atoms with van der Waals surface area (Å²) in [6, 6.07) is 20.6. The highest BCUT2D eigenvalue weighted by atomic mass is 35.5. The smallest absolute Gasteiger partial charge is 0.277 e. The van der Waals surface area contributed by atoms with Gasteiger partial charge in [0.05, 0.1) is 12.2 Å². The van der Waals surface area contributed by atoms with Gasteiger partial charge in [-0.25, -0.2) is 0 Å². The molecule has 1 heterocycles. The number of nitrogens with one attached hydrogen (secondary N) is 2. The van der Waals surface area contributed by atoms with E-state index in [4.69, 9.17) is 16.0 Å². The lowest BCUT2D eigenvalue weighted by Crippen LogP contribution is -2.43. The van der Waals surface area contributed by atoms with Crippen LogP contribution in [-0.4, -0.2) is 27.8 Å². The second-order valence-corrected chi connectivity index (χ2v) is 7.94. The van der Waals surface area contributed by atoms with Crippen molar-refractivity contribution in [2.45, 2.75) is 11.6 Å². The van der Waals surface area contributed by atoms with Crippen LogP contribution >= 0.6 is 23.4 Å². The molecule has 0 aliphatic rings. The number of aromatic nitrogens is 2. The topological polar surface area (TPSA) is 97.1 Å². The molecule has 0 radical (unpaired) electrons. The first kappa shape index (κ1) is 20.9. The molecule has 0 saturated carbocycles. The molecule has 4 rings (SSSR count). The molecule has 156 valence electrons. The molecule has 0 aliphatic heterocycles. The third kappa shape index (κ3) is 5.42. The average molecular weight is 453 g/mol. The Hall–Kier alpha value is -3.36. The summed E-state index contributed by atoms with van der Waals surface area (Å²) in [5, 5.41) is 10.8. The summed E-state index contributed by atoms with van der Waals surface area (Å²) in [4.78, 5) is 24.3. The summed E-state index contributed by atoms with van der Waals surface area (Å²) >= 11 is 6.94. The van der Waals surface area contributed by atoms with E-state index in [2.05, 4.69) is 21.0 Å². The molecule has 4 aromatic rings. The number of thioether (sulfide) groups is 1. The first-order valence-corrected chi connectivity index (χ1v) is 10.7. The summed E-state index contributed by atoms with van der Waals surface area (Å²) in [5.41, 5.74) is 6.46. The molecule has 9 heteroatoms. The van der Waals surface area contributed by atoms with Crippen LogP contribution in [0.3, 0.4) is 0 Å². The summed E-state index contributed by atoms with van der Waals surface area (Å²) in [6.45, 7) is 0. The molecule has 2 amide bonds. The van der Waals surface area contributed by atoms with Crippen LogP contribution in [-0.2, 0) is 16.0 Å². The quantitative estimate of drug-likeness (QED) is 0.338. The summed E-state index contributed by atoms with van der Waals surface area (Å²) < 4.78 is 5.54. The average Bonchev–Trinajstić information content (AvgIpc) is 3.26. The Morgan fingerprint density at radius 3 is 2.48 bits per heavy atom. The minimum absolute atomic E-state index is 0.0107. The van der Waals surface area contributed by atoms with Crippen molar-refractivity contribution < 1.29 is 14.0 Å². The van der Waals surface area contributed by atoms with Gasteiger partial charge in [0, 0.05) is 10.6 Å². The number of hydrogen-bond donors (Lipinski definition) is 2. The highest BCUT2D eigenvalue weighted by Crippen LogP contribution is 2.24. The van der Waals surface area contributed by atoms with Crippen LogP contribution in [0.4, 0.5) is 0 Å². The molecule has 1 aromatic heterocycles. The van der Waals surface area contributed by atoms with Crippen molar-refractivity contribution in [1.82, 2.24) is 21.0 Å². The summed E-state index contributed by atoms with van der Waals surface area (Å²) in [7, 11) is 0. The zero-order valence-corrected chi connectivity index (χ0v) is 17.7. The maximum Gasteiger partial charge on any atom is 0.277 e. The fourth-order valence-electron chi connectivity index (χ4n) is 2.94. The Morgan fingerprint density at radius 1 is 0.903 bits per heavy atom. The fraction of sp³-hybridized carbons (Fsp3) is 0.0909. The van der Waals surface area contributed by atoms with Crippen molar-refractivity contribution in [2.75, 3.05) is 5.75 Å². The summed E-state index contributed by atoms with van der Waals surface area (Å²) in [5.74, 6) is -0.348. The van der Waals surface area contributed by atoms with Crippen molar-refractivity contribution in [2.24, 2.45) is 0 Å². The molecule has 2 N–H and O–H groups in total. The van der Waals surface area contributed by atoms with E-state index in [0.717, 1.165) is 33.7 Å². The monoisotopic (exact) mass is 452 g/mol. The predicted octanol–water partition coefficient (Wildman–Crippen LogP) is 4.03. The van der Waals surface area contributed by atoms with Gasteiger partial charge in [0.25, 0.3) is 5.22 Å². The van der Waals surface area contributed by atoms with Crippen molar-refractivity contribution in [3.8, 4) is 11.5 Å². The molecule has 0 unspecified atom stereocenters. The third-order valence-electron chi connectivity index (χ3n) is 4.40. The highest BCUT2D eigenvalue weighted by Gasteiger charge is 2.12. The van der Waals surface area contributed by atoms with Gasteiger partial charge in [-0.2, -0.15) is 0 Å². The molecule has 0 bridgehead atoms. The maximum absolute atomic E-state index is 12.2. The maximum atomic E-state index is 12.2. The van der Waals surface area contributed by atoms with E-state index in [-0.39, 0.29) is 29.2 Å². The van der Waals surface area contributed by atoms with Crippen molar-refractivity contribution in [3.63, 3.8) is 0 Å². The van der Waals surface area contributed by atoms with Gasteiger partial charge in [-0.15, -0.1) is 10.2 Å². The molecule has 0 aliphatic carbocycles. The van der Waals surface area contributed by atoms with Crippen LogP contribution in [0, 0.1) is 0 Å². The van der Waals surface area contributed by atoms with E-state index >= 15 is 0 Å². The lowest BCUT2D eigenvalue weighted by molar-refractivity contribution is -0.127. The van der Waals surface area contributed by atoms with E-state index in [1.54, 1.807) is 24.3 Å². The lowest BCUT2D eigenvalue weighted by atomic mass is 10.0. The number of nitrogens with zero attached hydrogens (tertiary/aromatic N) is 2. The van der Waals surface area contributed by atoms with E-state index in [1.165, 1.54) is 0 Å². The van der Waals surface area contributed by atoms with Crippen LogP contribution in [0.2, 0.25) is 5.02 Å². The molecule has 7 nitrogen and oxygen atoms in total. The predicted molar refractivity (Wildman–Crippen MR) is 119 cm³/mol. The van der Waals surface area contributed by atoms with Crippen LogP contribution in [0.5, 0.6) is 0 Å². The zero-order valence-electron chi connectivity index (χ0n) is 16.2. The Bertz CT molecular complexity index is 1220. The minimum atomic E-state index is -0.387. The number of hydrogen-bond acceptors (Lipinski definition) is 6. The number of carbonyl (C=O) groups is 2. The second-order valence-electron chi connectivity index (χ2n) is 6.58. The van der Waals surface area contributed by atoms with Crippen molar-refractivity contribution in [1.29, 1.82) is 0 Å². The Morgan fingerprint density at radius 2 is 1.65 bits per heavy atom. The second kappa shape index (κ2) is 9.63. The van der Waals surface area contributed by atoms with E-state index in [1.807, 2.05) is 42.5 Å². The largest absolute Gasteiger partial charge is 0.411 e. The number of benzene rings is 3. The molecule has 0 saturated heterocycles. The highest BCUT2D eigenvalue weighted by molar-refractivity contribution is 7.99. The third-order valence-corrected chi connectivity index (χ3v) is 5.47. The van der Waals surface area contributed by atoms with Gasteiger partial charge in [-0.3, -0.25) is 20.4 Å². The molecular formula is C22H17ClN4O3S. The van der Waals surface area contributed by atoms with Gasteiger partial charge >= 0.3 is 0 Å². The van der Waals surface area contributed by atoms with Crippen LogP contribution in [0.25, 0.3) is 22.2 Å². The van der Waals surface area contributed by atoms with Gasteiger partial charge in [0.1, 0.15) is 0 Å². The van der Waals surface area contributed by atoms with Crippen LogP contribution in [0.15, 0.2) is 76.4 Å². The van der Waals surface area contributed by atoms with Gasteiger partial charge in [0.2, 0.25) is 17.7 Å². The number of hydrazine groups is 1. The molecule has 0 fully saturated rings. The first-order valence-electron chi connectivity index (χ1n) is 9.35. The zero-order chi connectivity index (χ0) is 21.6. The standard InChI is InChI=1S/C22H17ClN4O3S/c23-17-10-8-15(9-11-17)21-26-27-22(30-21)31-13-20(29)25-24-19(28)12-16-6-3-5-14-4-1-2-7-18(14)16/h1-11H,12-13H2,(H,24,28)(H,25,29). The lowest BCUT2D eigenvalue weighted by Gasteiger charge is -2.08. The number of carbonyl (C=O) groups excluding carboxylic acids is 2. The van der Waals surface area contributed by atoms with Crippen molar-refractivity contribution in [3.05, 3.63) is 77.3 Å². The van der Waals surface area contributed by atoms with Gasteiger partial charge in [-0.1, -0.05) is 65.8 Å². The fourth-order valence-corrected chi connectivity index (χ4v) is 3.63. The Kier molecular flexibility index (Phi) is 6.49. The van der Waals surface area contributed by atoms with Gasteiger partial charge in [-0.05, 0) is 40.6 Å². The van der Waals surface area contributed by atoms with E-state index in [9.17, 15) is 9.59 Å². The first-order chi connectivity index (χ1) is 15.1. The van der Waals surface area contributed by atoms with Gasteiger partial charge < -0.3 is 4.42 Å². The van der Waals surface area contributed by atoms with Crippen LogP contribution < -0.4 is 10.9 Å². The SMILES string of the molecule is O=C(CSc1nnc(-c2ccc(Cl)cc2)o1)NNC(=O)Cc1cccc2ccccc12. The number of halogens is 1. The molecule has 3 aromatic carbocycles. The number of fused-ring (bicyclic) bond motifs is 1. The molecule has 0 atom stereocenters.